The van der Waals surface area contributed by atoms with Crippen LogP contribution in [0, 0.1) is 11.3 Å². The van der Waals surface area contributed by atoms with Gasteiger partial charge in [-0.3, -0.25) is 0 Å². The van der Waals surface area contributed by atoms with Crippen molar-refractivity contribution in [3.05, 3.63) is 0 Å². The molecule has 2 aliphatic rings. The lowest BCUT2D eigenvalue weighted by molar-refractivity contribution is -0.0334. The average molecular weight is 227 g/mol. The molecule has 16 heavy (non-hydrogen) atoms. The number of rotatable bonds is 6. The van der Waals surface area contributed by atoms with Crippen LogP contribution in [-0.4, -0.2) is 39.5 Å². The van der Waals surface area contributed by atoms with Gasteiger partial charge in [0.2, 0.25) is 0 Å². The van der Waals surface area contributed by atoms with Gasteiger partial charge in [-0.2, -0.15) is 0 Å². The third-order valence-corrected chi connectivity index (χ3v) is 4.27. The minimum absolute atomic E-state index is 0.400. The Labute approximate surface area is 98.9 Å². The number of hydrogen-bond acceptors (Lipinski definition) is 3. The fourth-order valence-corrected chi connectivity index (χ4v) is 2.68. The molecule has 1 aliphatic carbocycles. The maximum atomic E-state index is 5.51. The molecule has 2 fully saturated rings. The molecule has 1 saturated heterocycles. The smallest absolute Gasteiger partial charge is 0.0493 e. The van der Waals surface area contributed by atoms with E-state index in [1.807, 2.05) is 0 Å². The monoisotopic (exact) mass is 227 g/mol. The molecular formula is C13H25NO2. The van der Waals surface area contributed by atoms with Crippen molar-refractivity contribution in [1.82, 2.24) is 5.32 Å². The fraction of sp³-hybridized carbons (Fsp3) is 1.00. The van der Waals surface area contributed by atoms with Gasteiger partial charge in [-0.05, 0) is 37.0 Å². The zero-order valence-electron chi connectivity index (χ0n) is 10.6. The second-order valence-electron chi connectivity index (χ2n) is 5.49. The van der Waals surface area contributed by atoms with Crippen molar-refractivity contribution in [3.8, 4) is 0 Å². The summed E-state index contributed by atoms with van der Waals surface area (Å²) in [5, 5.41) is 3.70. The Balaban J connectivity index is 1.91. The van der Waals surface area contributed by atoms with Crippen molar-refractivity contribution < 1.29 is 9.47 Å². The lowest BCUT2D eigenvalue weighted by atomic mass is 9.70. The molecule has 1 aliphatic heterocycles. The first-order valence-electron chi connectivity index (χ1n) is 6.57. The largest absolute Gasteiger partial charge is 0.384 e. The molecule has 0 amide bonds. The van der Waals surface area contributed by atoms with E-state index < -0.39 is 0 Å². The van der Waals surface area contributed by atoms with Crippen LogP contribution in [-0.2, 0) is 9.47 Å². The molecule has 0 spiro atoms. The summed E-state index contributed by atoms with van der Waals surface area (Å²) in [6.45, 7) is 6.17. The fourth-order valence-electron chi connectivity index (χ4n) is 2.68. The molecule has 1 heterocycles. The third-order valence-electron chi connectivity index (χ3n) is 4.27. The van der Waals surface area contributed by atoms with Crippen LogP contribution in [0.4, 0.5) is 0 Å². The highest BCUT2D eigenvalue weighted by Crippen LogP contribution is 2.38. The van der Waals surface area contributed by atoms with Crippen LogP contribution in [0.15, 0.2) is 0 Å². The van der Waals surface area contributed by atoms with Gasteiger partial charge < -0.3 is 14.8 Å². The van der Waals surface area contributed by atoms with E-state index in [0.29, 0.717) is 11.3 Å². The number of hydrogen-bond donors (Lipinski definition) is 1. The predicted octanol–water partition coefficient (Wildman–Crippen LogP) is 1.82. The first-order chi connectivity index (χ1) is 7.77. The lowest BCUT2D eigenvalue weighted by Crippen LogP contribution is -2.45. The predicted molar refractivity (Wildman–Crippen MR) is 64.6 cm³/mol. The molecular weight excluding hydrogens is 202 g/mol. The van der Waals surface area contributed by atoms with Crippen molar-refractivity contribution in [2.24, 2.45) is 11.3 Å². The second kappa shape index (κ2) is 5.48. The van der Waals surface area contributed by atoms with E-state index in [1.165, 1.54) is 25.7 Å². The van der Waals surface area contributed by atoms with Crippen molar-refractivity contribution in [2.45, 2.75) is 38.6 Å². The van der Waals surface area contributed by atoms with Crippen molar-refractivity contribution in [1.29, 1.82) is 0 Å². The molecule has 1 unspecified atom stereocenters. The Morgan fingerprint density at radius 3 is 2.62 bits per heavy atom. The molecule has 3 nitrogen and oxygen atoms in total. The van der Waals surface area contributed by atoms with Gasteiger partial charge in [0, 0.05) is 39.5 Å². The van der Waals surface area contributed by atoms with Crippen molar-refractivity contribution in [2.75, 3.05) is 33.5 Å². The maximum absolute atomic E-state index is 5.51. The molecule has 2 rings (SSSR count). The van der Waals surface area contributed by atoms with E-state index in [9.17, 15) is 0 Å². The summed E-state index contributed by atoms with van der Waals surface area (Å²) in [5.74, 6) is 0.618. The van der Waals surface area contributed by atoms with Crippen LogP contribution in [0.2, 0.25) is 0 Å². The van der Waals surface area contributed by atoms with E-state index in [-0.39, 0.29) is 0 Å². The van der Waals surface area contributed by atoms with Gasteiger partial charge >= 0.3 is 0 Å². The zero-order valence-corrected chi connectivity index (χ0v) is 10.6. The first kappa shape index (κ1) is 12.3. The van der Waals surface area contributed by atoms with E-state index in [0.717, 1.165) is 32.4 Å². The molecule has 0 bridgehead atoms. The molecule has 94 valence electrons. The summed E-state index contributed by atoms with van der Waals surface area (Å²) in [7, 11) is 1.80. The quantitative estimate of drug-likeness (QED) is 0.751. The average Bonchev–Trinajstić information content (AvgIpc) is 3.12. The molecule has 1 atom stereocenters. The number of ether oxygens (including phenoxy) is 2. The van der Waals surface area contributed by atoms with Crippen LogP contribution in [0.5, 0.6) is 0 Å². The summed E-state index contributed by atoms with van der Waals surface area (Å²) < 4.78 is 10.8. The number of nitrogens with one attached hydrogen (secondary N) is 1. The van der Waals surface area contributed by atoms with Crippen molar-refractivity contribution in [3.63, 3.8) is 0 Å². The third kappa shape index (κ3) is 2.96. The minimum Gasteiger partial charge on any atom is -0.384 e. The molecule has 0 radical (unpaired) electrons. The van der Waals surface area contributed by atoms with Crippen LogP contribution >= 0.6 is 0 Å². The Morgan fingerprint density at radius 1 is 1.38 bits per heavy atom. The van der Waals surface area contributed by atoms with E-state index in [2.05, 4.69) is 12.2 Å². The first-order valence-corrected chi connectivity index (χ1v) is 6.57. The Morgan fingerprint density at radius 2 is 2.06 bits per heavy atom. The molecule has 0 aromatic heterocycles. The summed E-state index contributed by atoms with van der Waals surface area (Å²) in [6.07, 6.45) is 5.09. The van der Waals surface area contributed by atoms with E-state index >= 15 is 0 Å². The van der Waals surface area contributed by atoms with Crippen LogP contribution in [0.1, 0.15) is 32.6 Å². The van der Waals surface area contributed by atoms with Gasteiger partial charge in [0.05, 0.1) is 0 Å². The lowest BCUT2D eigenvalue weighted by Gasteiger charge is -2.42. The van der Waals surface area contributed by atoms with E-state index in [1.54, 1.807) is 7.11 Å². The molecule has 0 aromatic carbocycles. The van der Waals surface area contributed by atoms with Gasteiger partial charge in [-0.15, -0.1) is 0 Å². The van der Waals surface area contributed by atoms with Crippen molar-refractivity contribution >= 4 is 0 Å². The molecule has 1 N–H and O–H groups in total. The van der Waals surface area contributed by atoms with Gasteiger partial charge in [0.15, 0.2) is 0 Å². The summed E-state index contributed by atoms with van der Waals surface area (Å²) in [5.41, 5.74) is 0.400. The van der Waals surface area contributed by atoms with Crippen LogP contribution < -0.4 is 5.32 Å². The Kier molecular flexibility index (Phi) is 4.22. The maximum Gasteiger partial charge on any atom is 0.0493 e. The summed E-state index contributed by atoms with van der Waals surface area (Å²) >= 11 is 0. The molecule has 0 aromatic rings. The molecule has 1 saturated carbocycles. The zero-order chi connectivity index (χ0) is 11.4. The topological polar surface area (TPSA) is 30.5 Å². The van der Waals surface area contributed by atoms with Crippen LogP contribution in [0.25, 0.3) is 0 Å². The normalized spacial score (nSPS) is 26.6. The second-order valence-corrected chi connectivity index (χ2v) is 5.49. The minimum atomic E-state index is 0.400. The highest BCUT2D eigenvalue weighted by Gasteiger charge is 2.38. The Bertz CT molecular complexity index is 210. The van der Waals surface area contributed by atoms with Gasteiger partial charge in [0.25, 0.3) is 0 Å². The molecule has 3 heteroatoms. The number of methoxy groups -OCH3 is 1. The van der Waals surface area contributed by atoms with E-state index in [4.69, 9.17) is 9.47 Å². The van der Waals surface area contributed by atoms with Gasteiger partial charge in [-0.25, -0.2) is 0 Å². The van der Waals surface area contributed by atoms with Gasteiger partial charge in [0.1, 0.15) is 0 Å². The van der Waals surface area contributed by atoms with Crippen LogP contribution in [0.3, 0.4) is 0 Å². The van der Waals surface area contributed by atoms with Gasteiger partial charge in [-0.1, -0.05) is 6.92 Å². The highest BCUT2D eigenvalue weighted by atomic mass is 16.5. The SMILES string of the molecule is COCC(C)C1(CNC2CC2)CCOCC1. The summed E-state index contributed by atoms with van der Waals surface area (Å²) in [4.78, 5) is 0. The summed E-state index contributed by atoms with van der Waals surface area (Å²) in [6, 6.07) is 0.800. The highest BCUT2D eigenvalue weighted by molar-refractivity contribution is 4.91. The Hall–Kier alpha value is -0.120. The standard InChI is InChI=1S/C13H25NO2/c1-11(9-15-2)13(5-7-16-8-6-13)10-14-12-3-4-12/h11-12,14H,3-10H2,1-2H3.